The summed E-state index contributed by atoms with van der Waals surface area (Å²) in [6.45, 7) is 13.5. The highest BCUT2D eigenvalue weighted by Gasteiger charge is 2.31. The fraction of sp³-hybridized carbons (Fsp3) is 0.739. The van der Waals surface area contributed by atoms with E-state index in [4.69, 9.17) is 0 Å². The maximum Gasteiger partial charge on any atom is 0.119 e. The molecule has 1 nitrogen and oxygen atoms in total. The highest BCUT2D eigenvalue weighted by atomic mass is 32.2. The fourth-order valence-electron chi connectivity index (χ4n) is 3.69. The van der Waals surface area contributed by atoms with Crippen LogP contribution in [0, 0.1) is 0 Å². The van der Waals surface area contributed by atoms with Crippen LogP contribution in [0.25, 0.3) is 0 Å². The SMILES string of the molecule is CCCC[Si](CCCC)(CCCC)CSc1ccc(O)c(C(C)(C)C)c1. The normalized spacial score (nSPS) is 12.5. The number of aromatic hydroxyl groups is 1. The zero-order valence-electron chi connectivity index (χ0n) is 18.2. The number of thioether (sulfide) groups is 1. The Morgan fingerprint density at radius 2 is 1.38 bits per heavy atom. The largest absolute Gasteiger partial charge is 0.508 e. The molecule has 0 fully saturated rings. The van der Waals surface area contributed by atoms with Gasteiger partial charge in [-0.2, -0.15) is 0 Å². The summed E-state index contributed by atoms with van der Waals surface area (Å²) < 4.78 is 0. The minimum absolute atomic E-state index is 0.0121. The van der Waals surface area contributed by atoms with Crippen LogP contribution in [0.3, 0.4) is 0 Å². The first-order valence-electron chi connectivity index (χ1n) is 10.7. The molecule has 1 aromatic rings. The van der Waals surface area contributed by atoms with Gasteiger partial charge >= 0.3 is 0 Å². The van der Waals surface area contributed by atoms with E-state index in [0.29, 0.717) is 5.75 Å². The molecule has 0 unspecified atom stereocenters. The van der Waals surface area contributed by atoms with Crippen LogP contribution in [0.4, 0.5) is 0 Å². The van der Waals surface area contributed by atoms with Crippen LogP contribution in [0.2, 0.25) is 18.1 Å². The summed E-state index contributed by atoms with van der Waals surface area (Å²) in [6, 6.07) is 10.8. The van der Waals surface area contributed by atoms with Gasteiger partial charge in [0.25, 0.3) is 0 Å². The van der Waals surface area contributed by atoms with Crippen molar-refractivity contribution in [1.82, 2.24) is 0 Å². The van der Waals surface area contributed by atoms with Crippen molar-refractivity contribution in [2.24, 2.45) is 0 Å². The summed E-state index contributed by atoms with van der Waals surface area (Å²) in [4.78, 5) is 1.34. The van der Waals surface area contributed by atoms with Gasteiger partial charge in [-0.15, -0.1) is 11.8 Å². The number of rotatable bonds is 12. The Kier molecular flexibility index (Phi) is 10.4. The zero-order valence-corrected chi connectivity index (χ0v) is 20.0. The zero-order chi connectivity index (χ0) is 19.6. The Hall–Kier alpha value is -0.413. The van der Waals surface area contributed by atoms with E-state index in [1.807, 2.05) is 6.07 Å². The molecule has 0 saturated heterocycles. The molecule has 150 valence electrons. The number of hydrogen-bond acceptors (Lipinski definition) is 2. The van der Waals surface area contributed by atoms with E-state index in [0.717, 1.165) is 5.56 Å². The Bertz CT molecular complexity index is 500. The van der Waals surface area contributed by atoms with Crippen LogP contribution in [0.15, 0.2) is 23.1 Å². The van der Waals surface area contributed by atoms with Gasteiger partial charge in [0.15, 0.2) is 0 Å². The van der Waals surface area contributed by atoms with Gasteiger partial charge in [0.05, 0.1) is 8.07 Å². The molecule has 0 radical (unpaired) electrons. The van der Waals surface area contributed by atoms with Crippen molar-refractivity contribution in [3.8, 4) is 5.75 Å². The van der Waals surface area contributed by atoms with Gasteiger partial charge < -0.3 is 5.11 Å². The van der Waals surface area contributed by atoms with E-state index in [1.165, 1.54) is 66.9 Å². The standard InChI is InChI=1S/C23H42OSSi/c1-7-10-15-26(16-11-8-2,17-12-9-3)19-25-20-13-14-22(24)21(18-20)23(4,5)6/h13-14,18,24H,7-12,15-17,19H2,1-6H3. The van der Waals surface area contributed by atoms with Crippen LogP contribution in [0.5, 0.6) is 5.75 Å². The summed E-state index contributed by atoms with van der Waals surface area (Å²) in [5.41, 5.74) is 1.06. The third-order valence-electron chi connectivity index (χ3n) is 5.50. The van der Waals surface area contributed by atoms with Gasteiger partial charge in [-0.1, -0.05) is 98.2 Å². The van der Waals surface area contributed by atoms with Crippen LogP contribution in [-0.4, -0.2) is 18.6 Å². The lowest BCUT2D eigenvalue weighted by atomic mass is 9.86. The van der Waals surface area contributed by atoms with Crippen molar-refractivity contribution in [2.45, 2.75) is 109 Å². The van der Waals surface area contributed by atoms with Gasteiger partial charge in [0, 0.05) is 10.5 Å². The Morgan fingerprint density at radius 3 is 1.81 bits per heavy atom. The van der Waals surface area contributed by atoms with E-state index in [9.17, 15) is 5.11 Å². The number of hydrogen-bond donors (Lipinski definition) is 1. The molecule has 1 aromatic carbocycles. The van der Waals surface area contributed by atoms with Gasteiger partial charge in [-0.05, 0) is 29.0 Å². The molecule has 1 rings (SSSR count). The van der Waals surface area contributed by atoms with E-state index >= 15 is 0 Å². The van der Waals surface area contributed by atoms with Crippen molar-refractivity contribution in [3.05, 3.63) is 23.8 Å². The molecule has 0 saturated carbocycles. The average Bonchev–Trinajstić information content (AvgIpc) is 2.60. The highest BCUT2D eigenvalue weighted by molar-refractivity contribution is 8.01. The predicted octanol–water partition coefficient (Wildman–Crippen LogP) is 8.17. The summed E-state index contributed by atoms with van der Waals surface area (Å²) in [5, 5.41) is 11.6. The first-order valence-corrected chi connectivity index (χ1v) is 14.6. The molecule has 1 N–H and O–H groups in total. The molecule has 0 aliphatic carbocycles. The highest BCUT2D eigenvalue weighted by Crippen LogP contribution is 2.37. The van der Waals surface area contributed by atoms with Gasteiger partial charge in [-0.25, -0.2) is 0 Å². The monoisotopic (exact) mass is 394 g/mol. The van der Waals surface area contributed by atoms with Crippen molar-refractivity contribution >= 4 is 19.8 Å². The predicted molar refractivity (Wildman–Crippen MR) is 122 cm³/mol. The van der Waals surface area contributed by atoms with Crippen molar-refractivity contribution < 1.29 is 5.11 Å². The second-order valence-electron chi connectivity index (χ2n) is 9.03. The van der Waals surface area contributed by atoms with E-state index < -0.39 is 8.07 Å². The van der Waals surface area contributed by atoms with Crippen LogP contribution in [0.1, 0.15) is 85.6 Å². The fourth-order valence-corrected chi connectivity index (χ4v) is 11.7. The van der Waals surface area contributed by atoms with E-state index in [2.05, 4.69) is 65.4 Å². The topological polar surface area (TPSA) is 20.2 Å². The maximum atomic E-state index is 10.2. The van der Waals surface area contributed by atoms with Gasteiger partial charge in [0.1, 0.15) is 5.75 Å². The quantitative estimate of drug-likeness (QED) is 0.285. The lowest BCUT2D eigenvalue weighted by Crippen LogP contribution is -2.37. The number of benzene rings is 1. The smallest absolute Gasteiger partial charge is 0.119 e. The molecule has 0 atom stereocenters. The first kappa shape index (κ1) is 23.6. The van der Waals surface area contributed by atoms with E-state index in [1.54, 1.807) is 0 Å². The molecule has 26 heavy (non-hydrogen) atoms. The Labute approximate surface area is 168 Å². The first-order chi connectivity index (χ1) is 12.3. The van der Waals surface area contributed by atoms with Crippen molar-refractivity contribution in [3.63, 3.8) is 0 Å². The summed E-state index contributed by atoms with van der Waals surface area (Å²) in [6.07, 6.45) is 8.19. The Morgan fingerprint density at radius 1 is 0.885 bits per heavy atom. The third kappa shape index (κ3) is 7.68. The van der Waals surface area contributed by atoms with Crippen LogP contribution in [-0.2, 0) is 5.41 Å². The van der Waals surface area contributed by atoms with Gasteiger partial charge in [-0.3, -0.25) is 0 Å². The molecule has 0 heterocycles. The minimum atomic E-state index is -1.22. The molecule has 0 amide bonds. The lowest BCUT2D eigenvalue weighted by molar-refractivity contribution is 0.446. The molecule has 0 spiro atoms. The van der Waals surface area contributed by atoms with Gasteiger partial charge in [0.2, 0.25) is 0 Å². The summed E-state index contributed by atoms with van der Waals surface area (Å²) >= 11 is 2.07. The molecule has 0 aromatic heterocycles. The van der Waals surface area contributed by atoms with Crippen molar-refractivity contribution in [2.75, 3.05) is 5.38 Å². The van der Waals surface area contributed by atoms with Crippen LogP contribution < -0.4 is 0 Å². The van der Waals surface area contributed by atoms with E-state index in [-0.39, 0.29) is 5.41 Å². The second-order valence-corrected chi connectivity index (χ2v) is 15.4. The molecule has 0 bridgehead atoms. The maximum absolute atomic E-state index is 10.2. The Balaban J connectivity index is 2.96. The lowest BCUT2D eigenvalue weighted by Gasteiger charge is -2.32. The number of phenolic OH excluding ortho intramolecular Hbond substituents is 1. The minimum Gasteiger partial charge on any atom is -0.508 e. The summed E-state index contributed by atoms with van der Waals surface area (Å²) in [7, 11) is -1.22. The third-order valence-corrected chi connectivity index (χ3v) is 13.4. The molecule has 0 aliphatic rings. The van der Waals surface area contributed by atoms with Crippen molar-refractivity contribution in [1.29, 1.82) is 0 Å². The summed E-state index contributed by atoms with van der Waals surface area (Å²) in [5.74, 6) is 0.438. The molecular weight excluding hydrogens is 352 g/mol. The molecular formula is C23H42OSSi. The van der Waals surface area contributed by atoms with Crippen LogP contribution >= 0.6 is 11.8 Å². The molecule has 3 heteroatoms. The average molecular weight is 395 g/mol. The number of phenols is 1. The second kappa shape index (κ2) is 11.4. The molecule has 0 aliphatic heterocycles. The number of unbranched alkanes of at least 4 members (excludes halogenated alkanes) is 3.